The van der Waals surface area contributed by atoms with Gasteiger partial charge in [-0.25, -0.2) is 4.79 Å². The number of alkyl carbamates (subject to hydrolysis) is 1. The minimum absolute atomic E-state index is 0.0858. The number of nitrogens with zero attached hydrogens (tertiary/aromatic N) is 1. The topological polar surface area (TPSA) is 159 Å². The van der Waals surface area contributed by atoms with E-state index in [4.69, 9.17) is 23.7 Å². The van der Waals surface area contributed by atoms with E-state index in [2.05, 4.69) is 10.6 Å². The van der Waals surface area contributed by atoms with Gasteiger partial charge in [0.05, 0.1) is 57.4 Å². The average molecular weight is 592 g/mol. The number of aryl methyl sites for hydroxylation is 1. The van der Waals surface area contributed by atoms with Gasteiger partial charge in [0.25, 0.3) is 11.8 Å². The van der Waals surface area contributed by atoms with Crippen molar-refractivity contribution in [3.05, 3.63) is 34.9 Å². The van der Waals surface area contributed by atoms with Crippen LogP contribution in [0, 0.1) is 0 Å². The molecule has 0 aromatic heterocycles. The molecule has 0 bridgehead atoms. The highest BCUT2D eigenvalue weighted by Gasteiger charge is 2.44. The van der Waals surface area contributed by atoms with Crippen LogP contribution in [0.15, 0.2) is 18.2 Å². The summed E-state index contributed by atoms with van der Waals surface area (Å²) in [4.78, 5) is 61.8. The van der Waals surface area contributed by atoms with Crippen LogP contribution in [0.3, 0.4) is 0 Å². The Morgan fingerprint density at radius 1 is 0.881 bits per heavy atom. The number of benzene rings is 1. The molecule has 0 saturated carbocycles. The molecule has 13 nitrogen and oxygen atoms in total. The molecule has 1 atom stereocenters. The maximum absolute atomic E-state index is 12.9. The van der Waals surface area contributed by atoms with Gasteiger partial charge >= 0.3 is 6.09 Å². The molecule has 5 amide bonds. The maximum Gasteiger partial charge on any atom is 0.407 e. The Morgan fingerprint density at radius 3 is 2.10 bits per heavy atom. The van der Waals surface area contributed by atoms with Crippen molar-refractivity contribution in [3.8, 4) is 0 Å². The third-order valence-corrected chi connectivity index (χ3v) is 6.29. The molecule has 1 unspecified atom stereocenters. The van der Waals surface area contributed by atoms with Crippen LogP contribution in [0.1, 0.15) is 66.3 Å². The number of ether oxygens (including phenoxy) is 5. The van der Waals surface area contributed by atoms with E-state index >= 15 is 0 Å². The molecule has 2 N–H and O–H groups in total. The summed E-state index contributed by atoms with van der Waals surface area (Å²) in [5.74, 6) is -2.05. The predicted octanol–water partition coefficient (Wildman–Crippen LogP) is 1.61. The van der Waals surface area contributed by atoms with Gasteiger partial charge in [0.15, 0.2) is 0 Å². The highest BCUT2D eigenvalue weighted by atomic mass is 16.6. The molecule has 2 aliphatic rings. The standard InChI is InChI=1S/C29H41N3O10/c1-29(2,3)42-28(37)30-10-12-39-14-16-41-18-17-40-15-13-38-11-4-5-20-6-7-21-22(19-20)27(36)32(26(21)35)23-8-9-24(33)31-25(23)34/h6-7,19,23H,4-5,8-18H2,1-3H3,(H,30,37)(H,31,33,34). The summed E-state index contributed by atoms with van der Waals surface area (Å²) >= 11 is 0. The van der Waals surface area contributed by atoms with Crippen LogP contribution in [-0.4, -0.2) is 106 Å². The minimum atomic E-state index is -0.971. The van der Waals surface area contributed by atoms with Crippen LogP contribution < -0.4 is 10.6 Å². The summed E-state index contributed by atoms with van der Waals surface area (Å²) in [6, 6.07) is 4.13. The zero-order valence-electron chi connectivity index (χ0n) is 24.5. The van der Waals surface area contributed by atoms with E-state index in [1.54, 1.807) is 39.0 Å². The summed E-state index contributed by atoms with van der Waals surface area (Å²) < 4.78 is 27.0. The molecule has 1 saturated heterocycles. The Balaban J connectivity index is 1.18. The Hall–Kier alpha value is -3.39. The van der Waals surface area contributed by atoms with Gasteiger partial charge in [0.1, 0.15) is 11.6 Å². The monoisotopic (exact) mass is 591 g/mol. The van der Waals surface area contributed by atoms with E-state index < -0.39 is 41.4 Å². The quantitative estimate of drug-likeness (QED) is 0.201. The van der Waals surface area contributed by atoms with Crippen molar-refractivity contribution in [2.75, 3.05) is 59.4 Å². The number of carbonyl (C=O) groups excluding carboxylic acids is 5. The molecular weight excluding hydrogens is 550 g/mol. The smallest absolute Gasteiger partial charge is 0.407 e. The molecule has 1 aromatic carbocycles. The van der Waals surface area contributed by atoms with Crippen LogP contribution in [0.4, 0.5) is 4.79 Å². The molecular formula is C29H41N3O10. The maximum atomic E-state index is 12.9. The highest BCUT2D eigenvalue weighted by molar-refractivity contribution is 6.23. The third kappa shape index (κ3) is 10.5. The summed E-state index contributed by atoms with van der Waals surface area (Å²) in [6.45, 7) is 9.19. The van der Waals surface area contributed by atoms with E-state index in [1.807, 2.05) is 0 Å². The molecule has 42 heavy (non-hydrogen) atoms. The number of hydrogen-bond acceptors (Lipinski definition) is 10. The first-order chi connectivity index (χ1) is 20.1. The predicted molar refractivity (Wildman–Crippen MR) is 149 cm³/mol. The van der Waals surface area contributed by atoms with Gasteiger partial charge < -0.3 is 29.0 Å². The number of fused-ring (bicyclic) bond motifs is 1. The summed E-state index contributed by atoms with van der Waals surface area (Å²) in [7, 11) is 0. The number of amides is 5. The van der Waals surface area contributed by atoms with Crippen LogP contribution in [-0.2, 0) is 39.7 Å². The van der Waals surface area contributed by atoms with E-state index in [9.17, 15) is 24.0 Å². The number of carbonyl (C=O) groups is 5. The van der Waals surface area contributed by atoms with Crippen molar-refractivity contribution in [1.82, 2.24) is 15.5 Å². The normalized spacial score (nSPS) is 16.9. The molecule has 0 aliphatic carbocycles. The van der Waals surface area contributed by atoms with Gasteiger partial charge in [0, 0.05) is 19.6 Å². The Kier molecular flexibility index (Phi) is 12.9. The highest BCUT2D eigenvalue weighted by Crippen LogP contribution is 2.28. The second-order valence-corrected chi connectivity index (χ2v) is 10.8. The first-order valence-electron chi connectivity index (χ1n) is 14.2. The SMILES string of the molecule is CC(C)(C)OC(=O)NCCOCCOCCOCCOCCCc1ccc2c(c1)C(=O)N(C1CCC(=O)NC1=O)C2=O. The second kappa shape index (κ2) is 16.3. The van der Waals surface area contributed by atoms with E-state index in [1.165, 1.54) is 0 Å². The first kappa shape index (κ1) is 33.1. The zero-order chi connectivity index (χ0) is 30.5. The van der Waals surface area contributed by atoms with Crippen LogP contribution >= 0.6 is 0 Å². The van der Waals surface area contributed by atoms with Crippen LogP contribution in [0.25, 0.3) is 0 Å². The van der Waals surface area contributed by atoms with Gasteiger partial charge in [-0.3, -0.25) is 29.4 Å². The van der Waals surface area contributed by atoms with E-state index in [0.29, 0.717) is 72.2 Å². The lowest BCUT2D eigenvalue weighted by molar-refractivity contribution is -0.136. The fourth-order valence-corrected chi connectivity index (χ4v) is 4.35. The Labute approximate surface area is 245 Å². The van der Waals surface area contributed by atoms with Crippen LogP contribution in [0.5, 0.6) is 0 Å². The van der Waals surface area contributed by atoms with E-state index in [-0.39, 0.29) is 24.0 Å². The first-order valence-corrected chi connectivity index (χ1v) is 14.2. The van der Waals surface area contributed by atoms with Crippen molar-refractivity contribution in [1.29, 1.82) is 0 Å². The lowest BCUT2D eigenvalue weighted by atomic mass is 10.0. The van der Waals surface area contributed by atoms with Crippen molar-refractivity contribution in [2.45, 2.75) is 58.1 Å². The number of imide groups is 2. The van der Waals surface area contributed by atoms with Gasteiger partial charge in [0.2, 0.25) is 11.8 Å². The van der Waals surface area contributed by atoms with Crippen molar-refractivity contribution < 1.29 is 47.7 Å². The molecule has 13 heteroatoms. The Morgan fingerprint density at radius 2 is 1.48 bits per heavy atom. The molecule has 0 radical (unpaired) electrons. The summed E-state index contributed by atoms with van der Waals surface area (Å²) in [5.41, 5.74) is 0.907. The molecule has 2 aliphatic heterocycles. The van der Waals surface area contributed by atoms with Crippen molar-refractivity contribution in [3.63, 3.8) is 0 Å². The van der Waals surface area contributed by atoms with Gasteiger partial charge in [-0.15, -0.1) is 0 Å². The molecule has 3 rings (SSSR count). The Bertz CT molecular complexity index is 1120. The summed E-state index contributed by atoms with van der Waals surface area (Å²) in [6.07, 6.45) is 1.11. The lowest BCUT2D eigenvalue weighted by Gasteiger charge is -2.27. The van der Waals surface area contributed by atoms with Crippen molar-refractivity contribution in [2.24, 2.45) is 0 Å². The average Bonchev–Trinajstić information content (AvgIpc) is 3.16. The van der Waals surface area contributed by atoms with Crippen LogP contribution in [0.2, 0.25) is 0 Å². The number of rotatable bonds is 17. The number of nitrogens with one attached hydrogen (secondary N) is 2. The fourth-order valence-electron chi connectivity index (χ4n) is 4.35. The minimum Gasteiger partial charge on any atom is -0.444 e. The third-order valence-electron chi connectivity index (χ3n) is 6.29. The van der Waals surface area contributed by atoms with Gasteiger partial charge in [-0.05, 0) is 57.7 Å². The lowest BCUT2D eigenvalue weighted by Crippen LogP contribution is -2.54. The number of piperidine rings is 1. The van der Waals surface area contributed by atoms with Gasteiger partial charge in [-0.2, -0.15) is 0 Å². The molecule has 0 spiro atoms. The molecule has 232 valence electrons. The largest absolute Gasteiger partial charge is 0.444 e. The molecule has 1 fully saturated rings. The number of hydrogen-bond donors (Lipinski definition) is 2. The van der Waals surface area contributed by atoms with E-state index in [0.717, 1.165) is 10.5 Å². The zero-order valence-corrected chi connectivity index (χ0v) is 24.5. The van der Waals surface area contributed by atoms with Crippen molar-refractivity contribution >= 4 is 29.7 Å². The van der Waals surface area contributed by atoms with Gasteiger partial charge in [-0.1, -0.05) is 6.07 Å². The molecule has 1 aromatic rings. The summed E-state index contributed by atoms with van der Waals surface area (Å²) in [5, 5.41) is 4.81. The molecule has 2 heterocycles. The second-order valence-electron chi connectivity index (χ2n) is 10.8. The fraction of sp³-hybridized carbons (Fsp3) is 0.621.